The molecule has 1 atom stereocenters. The molecular formula is C20H19FN4O2. The highest BCUT2D eigenvalue weighted by molar-refractivity contribution is 5.95. The highest BCUT2D eigenvalue weighted by Gasteiger charge is 2.28. The number of methoxy groups -OCH3 is 1. The summed E-state index contributed by atoms with van der Waals surface area (Å²) >= 11 is 0. The fraction of sp³-hybridized carbons (Fsp3) is 0.250. The van der Waals surface area contributed by atoms with Crippen molar-refractivity contribution >= 4 is 11.9 Å². The Balaban J connectivity index is 1.78. The fourth-order valence-electron chi connectivity index (χ4n) is 3.23. The van der Waals surface area contributed by atoms with Crippen molar-refractivity contribution in [3.05, 3.63) is 59.5 Å². The van der Waals surface area contributed by atoms with Crippen LogP contribution in [0.4, 0.5) is 10.1 Å². The summed E-state index contributed by atoms with van der Waals surface area (Å²) in [5.41, 5.74) is 3.67. The van der Waals surface area contributed by atoms with Crippen LogP contribution < -0.4 is 9.64 Å². The minimum Gasteiger partial charge on any atom is -0.495 e. The van der Waals surface area contributed by atoms with Gasteiger partial charge in [0, 0.05) is 11.8 Å². The van der Waals surface area contributed by atoms with Crippen LogP contribution in [0.2, 0.25) is 0 Å². The van der Waals surface area contributed by atoms with Crippen LogP contribution in [0, 0.1) is 12.7 Å². The number of hydrogen-bond donors (Lipinski definition) is 0. The number of rotatable bonds is 4. The van der Waals surface area contributed by atoms with Crippen molar-refractivity contribution in [1.82, 2.24) is 10.1 Å². The second-order valence-electron chi connectivity index (χ2n) is 6.40. The summed E-state index contributed by atoms with van der Waals surface area (Å²) in [4.78, 5) is 10.9. The second-order valence-corrected chi connectivity index (χ2v) is 6.40. The zero-order valence-corrected chi connectivity index (χ0v) is 15.3. The summed E-state index contributed by atoms with van der Waals surface area (Å²) in [6.45, 7) is 4.24. The first-order chi connectivity index (χ1) is 13.1. The number of aliphatic imine (C=N–C) groups is 1. The third-order valence-electron chi connectivity index (χ3n) is 4.62. The number of anilines is 1. The summed E-state index contributed by atoms with van der Waals surface area (Å²) in [5, 5.41) is 3.88. The van der Waals surface area contributed by atoms with Gasteiger partial charge in [-0.3, -0.25) is 4.99 Å². The molecule has 1 aliphatic rings. The standard InChI is InChI=1S/C20H19FN4O2/c1-12(20-23-13(2)24-27-20)25-11-22-10-16-8-15(9-18(26-3)19(16)25)14-4-6-17(21)7-5-14/h4-10,12H,11H2,1-3H3. The van der Waals surface area contributed by atoms with Gasteiger partial charge in [-0.25, -0.2) is 4.39 Å². The molecule has 0 aliphatic carbocycles. The summed E-state index contributed by atoms with van der Waals surface area (Å²) in [6.07, 6.45) is 1.83. The zero-order chi connectivity index (χ0) is 19.0. The van der Waals surface area contributed by atoms with Gasteiger partial charge in [-0.05, 0) is 49.2 Å². The third kappa shape index (κ3) is 3.16. The Morgan fingerprint density at radius 2 is 1.96 bits per heavy atom. The molecule has 0 saturated heterocycles. The van der Waals surface area contributed by atoms with Crippen LogP contribution in [0.25, 0.3) is 11.1 Å². The molecular weight excluding hydrogens is 347 g/mol. The quantitative estimate of drug-likeness (QED) is 0.694. The van der Waals surface area contributed by atoms with Crippen LogP contribution in [-0.2, 0) is 0 Å². The van der Waals surface area contributed by atoms with E-state index in [1.54, 1.807) is 26.2 Å². The highest BCUT2D eigenvalue weighted by Crippen LogP contribution is 2.41. The lowest BCUT2D eigenvalue weighted by Crippen LogP contribution is -2.31. The van der Waals surface area contributed by atoms with Crippen LogP contribution in [0.15, 0.2) is 45.9 Å². The monoisotopic (exact) mass is 366 g/mol. The predicted octanol–water partition coefficient (Wildman–Crippen LogP) is 4.15. The normalized spacial score (nSPS) is 14.1. The van der Waals surface area contributed by atoms with Crippen LogP contribution in [0.3, 0.4) is 0 Å². The lowest BCUT2D eigenvalue weighted by atomic mass is 9.99. The van der Waals surface area contributed by atoms with E-state index >= 15 is 0 Å². The summed E-state index contributed by atoms with van der Waals surface area (Å²) in [5.74, 6) is 1.57. The van der Waals surface area contributed by atoms with E-state index in [2.05, 4.69) is 20.0 Å². The molecule has 1 aromatic heterocycles. The van der Waals surface area contributed by atoms with Gasteiger partial charge in [-0.15, -0.1) is 0 Å². The highest BCUT2D eigenvalue weighted by atomic mass is 19.1. The maximum absolute atomic E-state index is 13.3. The van der Waals surface area contributed by atoms with Gasteiger partial charge < -0.3 is 14.2 Å². The van der Waals surface area contributed by atoms with Gasteiger partial charge >= 0.3 is 0 Å². The Hall–Kier alpha value is -3.22. The number of aromatic nitrogens is 2. The third-order valence-corrected chi connectivity index (χ3v) is 4.62. The molecule has 4 rings (SSSR count). The molecule has 0 spiro atoms. The van der Waals surface area contributed by atoms with E-state index in [4.69, 9.17) is 9.26 Å². The number of ether oxygens (including phenoxy) is 1. The summed E-state index contributed by atoms with van der Waals surface area (Å²) < 4.78 is 24.3. The molecule has 0 fully saturated rings. The number of fused-ring (bicyclic) bond motifs is 1. The van der Waals surface area contributed by atoms with Crippen LogP contribution in [0.1, 0.15) is 30.2 Å². The van der Waals surface area contributed by atoms with Gasteiger partial charge in [0.15, 0.2) is 5.82 Å². The van der Waals surface area contributed by atoms with Crippen molar-refractivity contribution in [2.45, 2.75) is 19.9 Å². The molecule has 0 N–H and O–H groups in total. The Labute approximate surface area is 156 Å². The SMILES string of the molecule is COc1cc(-c2ccc(F)cc2)cc2c1N(C(C)c1nc(C)no1)CN=C2. The van der Waals surface area contributed by atoms with E-state index in [1.165, 1.54) is 12.1 Å². The molecule has 0 bridgehead atoms. The lowest BCUT2D eigenvalue weighted by Gasteiger charge is -2.32. The van der Waals surface area contributed by atoms with E-state index < -0.39 is 0 Å². The number of nitrogens with zero attached hydrogens (tertiary/aromatic N) is 4. The first-order valence-corrected chi connectivity index (χ1v) is 8.61. The smallest absolute Gasteiger partial charge is 0.249 e. The molecule has 2 aromatic carbocycles. The molecule has 0 saturated carbocycles. The van der Waals surface area contributed by atoms with E-state index in [9.17, 15) is 4.39 Å². The first kappa shape index (κ1) is 17.2. The van der Waals surface area contributed by atoms with E-state index in [0.29, 0.717) is 24.1 Å². The average molecular weight is 366 g/mol. The van der Waals surface area contributed by atoms with Crippen molar-refractivity contribution in [2.24, 2.45) is 4.99 Å². The van der Waals surface area contributed by atoms with Crippen molar-refractivity contribution < 1.29 is 13.7 Å². The molecule has 0 amide bonds. The Morgan fingerprint density at radius 3 is 2.63 bits per heavy atom. The minimum atomic E-state index is -0.264. The Kier molecular flexibility index (Phi) is 4.35. The molecule has 0 radical (unpaired) electrons. The molecule has 3 aromatic rings. The average Bonchev–Trinajstić information content (AvgIpc) is 3.13. The van der Waals surface area contributed by atoms with Crippen LogP contribution in [0.5, 0.6) is 5.75 Å². The van der Waals surface area contributed by atoms with Gasteiger partial charge in [-0.1, -0.05) is 17.3 Å². The first-order valence-electron chi connectivity index (χ1n) is 8.61. The summed E-state index contributed by atoms with van der Waals surface area (Å²) in [7, 11) is 1.63. The number of benzene rings is 2. The van der Waals surface area contributed by atoms with Crippen molar-refractivity contribution in [3.63, 3.8) is 0 Å². The molecule has 6 nitrogen and oxygen atoms in total. The van der Waals surface area contributed by atoms with Crippen LogP contribution in [-0.4, -0.2) is 30.1 Å². The van der Waals surface area contributed by atoms with E-state index in [-0.39, 0.29) is 11.9 Å². The molecule has 1 aliphatic heterocycles. The maximum Gasteiger partial charge on any atom is 0.249 e. The Bertz CT molecular complexity index is 998. The van der Waals surface area contributed by atoms with E-state index in [1.807, 2.05) is 25.3 Å². The van der Waals surface area contributed by atoms with Gasteiger partial charge in [0.2, 0.25) is 5.89 Å². The molecule has 27 heavy (non-hydrogen) atoms. The second kappa shape index (κ2) is 6.83. The summed E-state index contributed by atoms with van der Waals surface area (Å²) in [6, 6.07) is 10.2. The topological polar surface area (TPSA) is 63.8 Å². The predicted molar refractivity (Wildman–Crippen MR) is 101 cm³/mol. The van der Waals surface area contributed by atoms with Crippen LogP contribution >= 0.6 is 0 Å². The van der Waals surface area contributed by atoms with Gasteiger partial charge in [0.05, 0.1) is 12.8 Å². The van der Waals surface area contributed by atoms with Gasteiger partial charge in [0.25, 0.3) is 0 Å². The van der Waals surface area contributed by atoms with Gasteiger partial charge in [-0.2, -0.15) is 4.98 Å². The molecule has 138 valence electrons. The van der Waals surface area contributed by atoms with Crippen molar-refractivity contribution in [2.75, 3.05) is 18.7 Å². The number of halogens is 1. The largest absolute Gasteiger partial charge is 0.495 e. The number of hydrogen-bond acceptors (Lipinski definition) is 6. The minimum absolute atomic E-state index is 0.159. The van der Waals surface area contributed by atoms with Crippen molar-refractivity contribution in [3.8, 4) is 16.9 Å². The molecule has 1 unspecified atom stereocenters. The molecule has 2 heterocycles. The van der Waals surface area contributed by atoms with Gasteiger partial charge in [0.1, 0.15) is 24.3 Å². The lowest BCUT2D eigenvalue weighted by molar-refractivity contribution is 0.350. The van der Waals surface area contributed by atoms with Crippen molar-refractivity contribution in [1.29, 1.82) is 0 Å². The fourth-order valence-corrected chi connectivity index (χ4v) is 3.23. The number of aryl methyl sites for hydroxylation is 1. The maximum atomic E-state index is 13.3. The molecule has 7 heteroatoms. The zero-order valence-electron chi connectivity index (χ0n) is 15.3. The van der Waals surface area contributed by atoms with E-state index in [0.717, 1.165) is 22.4 Å². The Morgan fingerprint density at radius 1 is 1.19 bits per heavy atom.